The van der Waals surface area contributed by atoms with Gasteiger partial charge in [-0.2, -0.15) is 9.40 Å². The SMILES string of the molecule is Cc1cc(C)n(C(=O)c2ccc(C)c(S(=O)(=O)N3CCCCCC3)c2)n1. The lowest BCUT2D eigenvalue weighted by molar-refractivity contribution is 0.0942. The van der Waals surface area contributed by atoms with E-state index in [1.54, 1.807) is 30.3 Å². The van der Waals surface area contributed by atoms with E-state index in [9.17, 15) is 13.2 Å². The summed E-state index contributed by atoms with van der Waals surface area (Å²) in [4.78, 5) is 13.0. The maximum atomic E-state index is 13.1. The molecule has 1 aromatic carbocycles. The summed E-state index contributed by atoms with van der Waals surface area (Å²) in [5.74, 6) is -0.317. The summed E-state index contributed by atoms with van der Waals surface area (Å²) in [6, 6.07) is 6.68. The van der Waals surface area contributed by atoms with Crippen LogP contribution in [0, 0.1) is 20.8 Å². The molecule has 0 atom stereocenters. The standard InChI is InChI=1S/C19H25N3O3S/c1-14-8-9-17(19(23)22-16(3)12-15(2)20-22)13-18(14)26(24,25)21-10-6-4-5-7-11-21/h8-9,12-13H,4-7,10-11H2,1-3H3. The van der Waals surface area contributed by atoms with E-state index < -0.39 is 10.0 Å². The van der Waals surface area contributed by atoms with Gasteiger partial charge in [0.2, 0.25) is 10.0 Å². The number of rotatable bonds is 3. The molecule has 6 nitrogen and oxygen atoms in total. The van der Waals surface area contributed by atoms with Gasteiger partial charge in [-0.3, -0.25) is 4.79 Å². The number of carbonyl (C=O) groups is 1. The molecule has 1 aromatic heterocycles. The summed E-state index contributed by atoms with van der Waals surface area (Å²) in [7, 11) is -3.61. The first-order chi connectivity index (χ1) is 12.3. The van der Waals surface area contributed by atoms with Crippen molar-refractivity contribution >= 4 is 15.9 Å². The van der Waals surface area contributed by atoms with E-state index in [2.05, 4.69) is 5.10 Å². The Morgan fingerprint density at radius 2 is 1.65 bits per heavy atom. The van der Waals surface area contributed by atoms with Gasteiger partial charge in [0.25, 0.3) is 5.91 Å². The molecule has 0 bridgehead atoms. The molecule has 26 heavy (non-hydrogen) atoms. The van der Waals surface area contributed by atoms with Crippen molar-refractivity contribution in [3.63, 3.8) is 0 Å². The largest absolute Gasteiger partial charge is 0.278 e. The fraction of sp³-hybridized carbons (Fsp3) is 0.474. The fourth-order valence-corrected chi connectivity index (χ4v) is 5.16. The predicted octanol–water partition coefficient (Wildman–Crippen LogP) is 3.06. The third-order valence-corrected chi connectivity index (χ3v) is 6.86. The number of carbonyl (C=O) groups excluding carboxylic acids is 1. The molecular formula is C19H25N3O3S. The Morgan fingerprint density at radius 3 is 2.23 bits per heavy atom. The van der Waals surface area contributed by atoms with Gasteiger partial charge in [-0.25, -0.2) is 13.1 Å². The summed E-state index contributed by atoms with van der Waals surface area (Å²) in [5.41, 5.74) is 2.46. The first kappa shape index (κ1) is 18.8. The van der Waals surface area contributed by atoms with Crippen molar-refractivity contribution in [1.82, 2.24) is 14.1 Å². The van der Waals surface area contributed by atoms with Gasteiger partial charge < -0.3 is 0 Å². The Kier molecular flexibility index (Phi) is 5.29. The zero-order chi connectivity index (χ0) is 18.9. The predicted molar refractivity (Wildman–Crippen MR) is 99.8 cm³/mol. The lowest BCUT2D eigenvalue weighted by Crippen LogP contribution is -2.32. The van der Waals surface area contributed by atoms with E-state index in [0.29, 0.717) is 24.2 Å². The van der Waals surface area contributed by atoms with Crippen LogP contribution >= 0.6 is 0 Å². The minimum absolute atomic E-state index is 0.215. The average molecular weight is 375 g/mol. The van der Waals surface area contributed by atoms with Gasteiger partial charge in [0.05, 0.1) is 10.6 Å². The minimum atomic E-state index is -3.61. The summed E-state index contributed by atoms with van der Waals surface area (Å²) >= 11 is 0. The number of aromatic nitrogens is 2. The number of benzene rings is 1. The summed E-state index contributed by atoms with van der Waals surface area (Å²) in [5, 5.41) is 4.21. The first-order valence-corrected chi connectivity index (χ1v) is 10.4. The summed E-state index contributed by atoms with van der Waals surface area (Å²) < 4.78 is 29.1. The number of aryl methyl sites for hydroxylation is 3. The molecule has 140 valence electrons. The van der Waals surface area contributed by atoms with E-state index in [-0.39, 0.29) is 10.8 Å². The lowest BCUT2D eigenvalue weighted by Gasteiger charge is -2.21. The maximum Gasteiger partial charge on any atom is 0.278 e. The Balaban J connectivity index is 1.99. The third-order valence-electron chi connectivity index (χ3n) is 4.82. The molecule has 1 aliphatic heterocycles. The van der Waals surface area contributed by atoms with Crippen molar-refractivity contribution in [2.75, 3.05) is 13.1 Å². The van der Waals surface area contributed by atoms with Crippen LogP contribution in [-0.2, 0) is 10.0 Å². The van der Waals surface area contributed by atoms with E-state index in [4.69, 9.17) is 0 Å². The van der Waals surface area contributed by atoms with Crippen LogP contribution < -0.4 is 0 Å². The van der Waals surface area contributed by atoms with Gasteiger partial charge in [0, 0.05) is 24.3 Å². The smallest absolute Gasteiger partial charge is 0.267 e. The molecule has 1 fully saturated rings. The highest BCUT2D eigenvalue weighted by atomic mass is 32.2. The van der Waals surface area contributed by atoms with E-state index >= 15 is 0 Å². The molecule has 0 amide bonds. The van der Waals surface area contributed by atoms with Crippen LogP contribution in [0.3, 0.4) is 0 Å². The van der Waals surface area contributed by atoms with Crippen molar-refractivity contribution in [3.8, 4) is 0 Å². The molecule has 3 rings (SSSR count). The van der Waals surface area contributed by atoms with Crippen LogP contribution in [0.5, 0.6) is 0 Å². The van der Waals surface area contributed by atoms with E-state index in [0.717, 1.165) is 37.1 Å². The highest BCUT2D eigenvalue weighted by molar-refractivity contribution is 7.89. The van der Waals surface area contributed by atoms with E-state index in [1.807, 2.05) is 13.0 Å². The molecule has 7 heteroatoms. The Hall–Kier alpha value is -1.99. The summed E-state index contributed by atoms with van der Waals surface area (Å²) in [6.45, 7) is 6.47. The second kappa shape index (κ2) is 7.32. The number of hydrogen-bond acceptors (Lipinski definition) is 4. The Labute approximate surface area is 154 Å². The molecule has 1 aliphatic rings. The molecule has 2 heterocycles. The van der Waals surface area contributed by atoms with Gasteiger partial charge in [-0.1, -0.05) is 18.9 Å². The third kappa shape index (κ3) is 3.59. The zero-order valence-electron chi connectivity index (χ0n) is 15.5. The first-order valence-electron chi connectivity index (χ1n) is 8.99. The summed E-state index contributed by atoms with van der Waals surface area (Å²) in [6.07, 6.45) is 3.87. The zero-order valence-corrected chi connectivity index (χ0v) is 16.3. The molecular weight excluding hydrogens is 350 g/mol. The van der Waals surface area contributed by atoms with Crippen LogP contribution in [0.2, 0.25) is 0 Å². The molecule has 0 aliphatic carbocycles. The van der Waals surface area contributed by atoms with Crippen molar-refractivity contribution in [3.05, 3.63) is 46.8 Å². The highest BCUT2D eigenvalue weighted by Crippen LogP contribution is 2.24. The van der Waals surface area contributed by atoms with Crippen molar-refractivity contribution in [2.24, 2.45) is 0 Å². The molecule has 0 spiro atoms. The van der Waals surface area contributed by atoms with Crippen LogP contribution in [-0.4, -0.2) is 41.5 Å². The Bertz CT molecular complexity index is 924. The van der Waals surface area contributed by atoms with Gasteiger partial charge >= 0.3 is 0 Å². The quantitative estimate of drug-likeness (QED) is 0.826. The van der Waals surface area contributed by atoms with Crippen LogP contribution in [0.15, 0.2) is 29.2 Å². The number of hydrogen-bond donors (Lipinski definition) is 0. The molecule has 0 radical (unpaired) electrons. The monoisotopic (exact) mass is 375 g/mol. The molecule has 2 aromatic rings. The Morgan fingerprint density at radius 1 is 1.00 bits per heavy atom. The molecule has 0 unspecified atom stereocenters. The number of sulfonamides is 1. The van der Waals surface area contributed by atoms with Crippen LogP contribution in [0.4, 0.5) is 0 Å². The van der Waals surface area contributed by atoms with Crippen molar-refractivity contribution in [1.29, 1.82) is 0 Å². The second-order valence-corrected chi connectivity index (χ2v) is 8.85. The van der Waals surface area contributed by atoms with Gasteiger partial charge in [-0.05, 0) is 57.4 Å². The number of nitrogens with zero attached hydrogens (tertiary/aromatic N) is 3. The normalized spacial score (nSPS) is 16.4. The van der Waals surface area contributed by atoms with E-state index in [1.165, 1.54) is 10.7 Å². The average Bonchev–Trinajstić information content (AvgIpc) is 2.80. The van der Waals surface area contributed by atoms with Crippen molar-refractivity contribution < 1.29 is 13.2 Å². The lowest BCUT2D eigenvalue weighted by atomic mass is 10.1. The maximum absolute atomic E-state index is 13.1. The fourth-order valence-electron chi connectivity index (χ4n) is 3.39. The van der Waals surface area contributed by atoms with Gasteiger partial charge in [-0.15, -0.1) is 0 Å². The van der Waals surface area contributed by atoms with Gasteiger partial charge in [0.15, 0.2) is 0 Å². The molecule has 0 saturated carbocycles. The molecule has 1 saturated heterocycles. The van der Waals surface area contributed by atoms with Crippen LogP contribution in [0.1, 0.15) is 53.0 Å². The van der Waals surface area contributed by atoms with Crippen molar-refractivity contribution in [2.45, 2.75) is 51.3 Å². The minimum Gasteiger partial charge on any atom is -0.267 e. The second-order valence-electron chi connectivity index (χ2n) is 6.94. The van der Waals surface area contributed by atoms with Gasteiger partial charge in [0.1, 0.15) is 0 Å². The topological polar surface area (TPSA) is 72.3 Å². The van der Waals surface area contributed by atoms with Crippen LogP contribution in [0.25, 0.3) is 0 Å². The highest BCUT2D eigenvalue weighted by Gasteiger charge is 2.27. The molecule has 0 N–H and O–H groups in total.